The molecule has 2 fully saturated rings. The predicted molar refractivity (Wildman–Crippen MR) is 221 cm³/mol. The molecule has 2 aliphatic carbocycles. The quantitative estimate of drug-likeness (QED) is 0.135. The monoisotopic (exact) mass is 970 g/mol. The Kier molecular flexibility index (Phi) is 30.6. The molecule has 348 valence electrons. The first-order chi connectivity index (χ1) is 23.6. The van der Waals surface area contributed by atoms with E-state index in [1.165, 1.54) is 77.0 Å². The van der Waals surface area contributed by atoms with Crippen molar-refractivity contribution < 1.29 is 82.1 Å². The van der Waals surface area contributed by atoms with Gasteiger partial charge in [0, 0.05) is 16.6 Å². The maximum absolute atomic E-state index is 6.17. The van der Waals surface area contributed by atoms with Gasteiger partial charge in [-0.2, -0.15) is 0 Å². The van der Waals surface area contributed by atoms with Gasteiger partial charge in [0.25, 0.3) is 0 Å². The molecule has 0 saturated heterocycles. The molecule has 0 bridgehead atoms. The van der Waals surface area contributed by atoms with E-state index in [0.29, 0.717) is 11.8 Å². The summed E-state index contributed by atoms with van der Waals surface area (Å²) in [6, 6.07) is 0. The van der Waals surface area contributed by atoms with Crippen molar-refractivity contribution in [2.24, 2.45) is 34.1 Å². The molecule has 0 amide bonds. The normalized spacial score (nSPS) is 19.0. The van der Waals surface area contributed by atoms with Crippen LogP contribution < -0.4 is 69.8 Å². The summed E-state index contributed by atoms with van der Waals surface area (Å²) in [7, 11) is 0. The van der Waals surface area contributed by atoms with Crippen molar-refractivity contribution in [2.75, 3.05) is 26.2 Å². The van der Waals surface area contributed by atoms with Gasteiger partial charge in [-0.1, -0.05) is 33.1 Å². The Morgan fingerprint density at radius 3 is 1.07 bits per heavy atom. The van der Waals surface area contributed by atoms with Gasteiger partial charge in [-0.05, 0) is 91.6 Å². The molecule has 2 saturated carbocycles. The van der Waals surface area contributed by atoms with Crippen LogP contribution in [-0.2, 0) is 32.5 Å². The molecule has 2 unspecified atom stereocenters. The fourth-order valence-electron chi connectivity index (χ4n) is 12.3. The number of nitrogens with zero attached hydrogens (tertiary/aromatic N) is 2. The van der Waals surface area contributed by atoms with Crippen molar-refractivity contribution in [3.63, 3.8) is 0 Å². The number of rotatable bonds is 16. The van der Waals surface area contributed by atoms with E-state index in [0.717, 1.165) is 39.0 Å². The summed E-state index contributed by atoms with van der Waals surface area (Å²) in [6.07, 6.45) is 17.9. The molecule has 2 rings (SSSR count). The van der Waals surface area contributed by atoms with Gasteiger partial charge in [0.1, 0.15) is 0 Å². The smallest absolute Gasteiger partial charge is 0.0225 e. The average Bonchev–Trinajstić information content (AvgIpc) is 2.95. The van der Waals surface area contributed by atoms with E-state index in [9.17, 15) is 0 Å². The van der Waals surface area contributed by atoms with Gasteiger partial charge in [0.2, 0.25) is 0 Å². The van der Waals surface area contributed by atoms with Crippen LogP contribution in [0, 0.1) is 22.7 Å². The van der Waals surface area contributed by atoms with Gasteiger partial charge < -0.3 is 61.1 Å². The van der Waals surface area contributed by atoms with Gasteiger partial charge in [0.05, 0.1) is 0 Å². The molecule has 0 aromatic rings. The van der Waals surface area contributed by atoms with Crippen LogP contribution in [-0.4, -0.2) is 69.2 Å². The van der Waals surface area contributed by atoms with E-state index in [1.807, 2.05) is 0 Å². The third-order valence-electron chi connectivity index (χ3n) is 12.7. The summed E-state index contributed by atoms with van der Waals surface area (Å²) < 4.78 is 5.91. The van der Waals surface area contributed by atoms with Crippen LogP contribution in [0.5, 0.6) is 0 Å². The largest absolute Gasteiger partial charge is 1.00 e. The molecule has 0 heterocycles. The standard InChI is InChI=1S/C22H47N3.C22H45N3.4ClH.2Cu/c2*1-19(2,3)25(20(4,5)6)22(13-10-9-11-14-22)17-21(7,8)18(16-24)12-15-23;;;;;;/h18H,9-17,23-24H2,1-8H3;18,23-24H,9-17H2,1-8H3;4*1H;;/q;-2;;;;;2*+3/p-4. The molecule has 0 aromatic heterocycles. The Balaban J connectivity index is -0.000000452. The Bertz CT molecular complexity index is 981. The van der Waals surface area contributed by atoms with Crippen molar-refractivity contribution in [3.05, 3.63) is 0 Å². The number of hydrogen-bond acceptors (Lipinski definition) is 6. The first-order valence-corrected chi connectivity index (χ1v) is 22.1. The van der Waals surface area contributed by atoms with E-state index in [-0.39, 0.29) is 93.7 Å². The van der Waals surface area contributed by atoms with Gasteiger partial charge in [-0.3, -0.25) is 4.90 Å². The Morgan fingerprint density at radius 1 is 0.500 bits per heavy atom. The third kappa shape index (κ3) is 19.1. The van der Waals surface area contributed by atoms with Crippen molar-refractivity contribution in [1.82, 2.24) is 18.5 Å². The molecule has 0 spiro atoms. The summed E-state index contributed by atoms with van der Waals surface area (Å²) >= 11 is 10.4. The van der Waals surface area contributed by atoms with Gasteiger partial charge >= 0.3 is 187 Å². The predicted octanol–water partition coefficient (Wildman–Crippen LogP) is -1.94. The molecule has 0 radical (unpaired) electrons. The fourth-order valence-corrected chi connectivity index (χ4v) is 12.7. The summed E-state index contributed by atoms with van der Waals surface area (Å²) in [4.78, 5) is 5.71. The molecule has 6 N–H and O–H groups in total. The van der Waals surface area contributed by atoms with Crippen molar-refractivity contribution in [2.45, 2.75) is 234 Å². The zero-order valence-electron chi connectivity index (χ0n) is 39.0. The minimum absolute atomic E-state index is 0. The van der Waals surface area contributed by atoms with Gasteiger partial charge in [-0.15, -0.1) is 0 Å². The van der Waals surface area contributed by atoms with E-state index in [2.05, 4.69) is 129 Å². The molecular weight excluding hydrogens is 881 g/mol. The SMILES string of the molecule is CC(C)(CC1(N(C(C)(C)C)C(C)(C)C)CCCCC1)C(CC[NH][Cu+2])C[NH][Cu+2].CC(C)(CC1(N(C(C)(C)C)C(C)(C)C)CCCCC1)C(CN)CCN.[Cl-].[Cl-].[Cl-].[Cl-]. The molecule has 6 nitrogen and oxygen atoms in total. The molecule has 2 atom stereocenters. The second-order valence-electron chi connectivity index (χ2n) is 22.4. The molecule has 12 heteroatoms. The molecular formula is C44H92Cl4Cu2N6. The molecule has 0 aliphatic heterocycles. The topological polar surface area (TPSA) is 82.6 Å². The zero-order valence-corrected chi connectivity index (χ0v) is 44.0. The summed E-state index contributed by atoms with van der Waals surface area (Å²) in [5.41, 5.74) is 13.6. The first kappa shape index (κ1) is 64.6. The van der Waals surface area contributed by atoms with Crippen LogP contribution in [0.1, 0.15) is 201 Å². The minimum Gasteiger partial charge on any atom is -1.00 e. The van der Waals surface area contributed by atoms with Crippen LogP contribution >= 0.6 is 0 Å². The number of hydrogen-bond donors (Lipinski definition) is 4. The second kappa shape index (κ2) is 26.6. The van der Waals surface area contributed by atoms with Gasteiger partial charge in [-0.25, -0.2) is 0 Å². The first-order valence-electron chi connectivity index (χ1n) is 21.2. The van der Waals surface area contributed by atoms with Crippen LogP contribution in [0.3, 0.4) is 0 Å². The molecule has 0 aromatic carbocycles. The number of nitrogens with one attached hydrogen (secondary N) is 2. The van der Waals surface area contributed by atoms with Crippen LogP contribution in [0.4, 0.5) is 0 Å². The Labute approximate surface area is 392 Å². The van der Waals surface area contributed by atoms with Crippen molar-refractivity contribution >= 4 is 0 Å². The minimum atomic E-state index is 0. The molecule has 56 heavy (non-hydrogen) atoms. The fraction of sp³-hybridized carbons (Fsp3) is 1.00. The summed E-state index contributed by atoms with van der Waals surface area (Å²) in [5.74, 6) is 1.01. The Morgan fingerprint density at radius 2 is 0.821 bits per heavy atom. The van der Waals surface area contributed by atoms with Crippen LogP contribution in [0.2, 0.25) is 0 Å². The van der Waals surface area contributed by atoms with E-state index in [1.54, 1.807) is 0 Å². The maximum atomic E-state index is 6.17. The zero-order chi connectivity index (χ0) is 40.5. The van der Waals surface area contributed by atoms with Crippen LogP contribution in [0.25, 0.3) is 0 Å². The van der Waals surface area contributed by atoms with E-state index >= 15 is 0 Å². The summed E-state index contributed by atoms with van der Waals surface area (Å²) in [5, 5.41) is 0. The average molecular weight is 974 g/mol. The van der Waals surface area contributed by atoms with Crippen molar-refractivity contribution in [1.29, 1.82) is 0 Å². The summed E-state index contributed by atoms with van der Waals surface area (Å²) in [6.45, 7) is 41.7. The Hall–Kier alpha value is 1.96. The van der Waals surface area contributed by atoms with Gasteiger partial charge in [0.15, 0.2) is 0 Å². The number of nitrogens with two attached hydrogens (primary N) is 2. The van der Waals surface area contributed by atoms with Crippen molar-refractivity contribution in [3.8, 4) is 0 Å². The maximum Gasteiger partial charge on any atom is 0.0225 e. The number of halogens is 4. The van der Waals surface area contributed by atoms with E-state index in [4.69, 9.17) is 43.9 Å². The third-order valence-corrected chi connectivity index (χ3v) is 13.1. The van der Waals surface area contributed by atoms with E-state index < -0.39 is 0 Å². The van der Waals surface area contributed by atoms with Crippen LogP contribution in [0.15, 0.2) is 0 Å². The molecule has 2 aliphatic rings. The second-order valence-corrected chi connectivity index (χ2v) is 23.1.